The first-order valence-corrected chi connectivity index (χ1v) is 10.9. The molecule has 0 aliphatic rings. The Morgan fingerprint density at radius 2 is 1.70 bits per heavy atom. The molecule has 0 radical (unpaired) electrons. The number of nitrogens with zero attached hydrogens (tertiary/aromatic N) is 2. The number of hydrogen-bond donors (Lipinski definition) is 1. The molecule has 1 N–H and O–H groups in total. The number of pyridine rings is 1. The van der Waals surface area contributed by atoms with Crippen molar-refractivity contribution in [1.82, 2.24) is 9.88 Å². The van der Waals surface area contributed by atoms with Crippen molar-refractivity contribution in [2.45, 2.75) is 18.4 Å². The number of carbonyl (C=O) groups excluding carboxylic acids is 1. The lowest BCUT2D eigenvalue weighted by molar-refractivity contribution is 0.0784. The van der Waals surface area contributed by atoms with Crippen molar-refractivity contribution < 1.29 is 17.9 Å². The summed E-state index contributed by atoms with van der Waals surface area (Å²) >= 11 is 0. The van der Waals surface area contributed by atoms with Gasteiger partial charge in [-0.25, -0.2) is 8.42 Å². The van der Waals surface area contributed by atoms with Gasteiger partial charge in [0.05, 0.1) is 17.2 Å². The molecule has 0 saturated heterocycles. The summed E-state index contributed by atoms with van der Waals surface area (Å²) in [7, 11) is -2.06. The standard InChI is InChI=1S/C22H23N3O4S/c1-3-29-21-7-5-4-6-18(21)16-25(2)22(26)17-8-10-20(11-9-17)30(27,28)24-19-12-14-23-15-13-19/h4-15H,3,16H2,1-2H3,(H,23,24). The largest absolute Gasteiger partial charge is 0.494 e. The third-order valence-electron chi connectivity index (χ3n) is 4.37. The molecule has 7 nitrogen and oxygen atoms in total. The van der Waals surface area contributed by atoms with E-state index in [0.717, 1.165) is 11.3 Å². The van der Waals surface area contributed by atoms with E-state index in [1.54, 1.807) is 24.1 Å². The Kier molecular flexibility index (Phi) is 6.68. The maximum atomic E-state index is 12.8. The van der Waals surface area contributed by atoms with E-state index in [0.29, 0.717) is 24.4 Å². The van der Waals surface area contributed by atoms with E-state index in [1.807, 2.05) is 31.2 Å². The maximum absolute atomic E-state index is 12.8. The number of para-hydroxylation sites is 1. The van der Waals surface area contributed by atoms with E-state index in [9.17, 15) is 13.2 Å². The molecule has 3 aromatic rings. The Hall–Kier alpha value is -3.39. The Morgan fingerprint density at radius 3 is 2.37 bits per heavy atom. The summed E-state index contributed by atoms with van der Waals surface area (Å²) in [5.74, 6) is 0.524. The number of benzene rings is 2. The Labute approximate surface area is 176 Å². The van der Waals surface area contributed by atoms with E-state index in [4.69, 9.17) is 4.74 Å². The summed E-state index contributed by atoms with van der Waals surface area (Å²) in [4.78, 5) is 18.3. The van der Waals surface area contributed by atoms with Crippen molar-refractivity contribution in [1.29, 1.82) is 0 Å². The minimum absolute atomic E-state index is 0.0696. The quantitative estimate of drug-likeness (QED) is 0.596. The lowest BCUT2D eigenvalue weighted by atomic mass is 10.1. The van der Waals surface area contributed by atoms with Crippen molar-refractivity contribution in [2.24, 2.45) is 0 Å². The minimum atomic E-state index is -3.76. The summed E-state index contributed by atoms with van der Waals surface area (Å²) in [6, 6.07) is 16.5. The van der Waals surface area contributed by atoms with Crippen LogP contribution in [-0.4, -0.2) is 37.9 Å². The number of hydrogen-bond acceptors (Lipinski definition) is 5. The molecular formula is C22H23N3O4S. The van der Waals surface area contributed by atoms with Gasteiger partial charge < -0.3 is 9.64 Å². The van der Waals surface area contributed by atoms with E-state index >= 15 is 0 Å². The molecule has 0 saturated carbocycles. The molecule has 30 heavy (non-hydrogen) atoms. The number of carbonyl (C=O) groups is 1. The fourth-order valence-electron chi connectivity index (χ4n) is 2.89. The van der Waals surface area contributed by atoms with Gasteiger partial charge in [0.2, 0.25) is 0 Å². The normalized spacial score (nSPS) is 11.0. The van der Waals surface area contributed by atoms with Crippen molar-refractivity contribution in [2.75, 3.05) is 18.4 Å². The van der Waals surface area contributed by atoms with Gasteiger partial charge in [0.1, 0.15) is 5.75 Å². The van der Waals surface area contributed by atoms with Crippen LogP contribution in [0.15, 0.2) is 78.0 Å². The topological polar surface area (TPSA) is 88.6 Å². The Bertz CT molecular complexity index is 1100. The van der Waals surface area contributed by atoms with Gasteiger partial charge >= 0.3 is 0 Å². The van der Waals surface area contributed by atoms with Crippen LogP contribution in [0.4, 0.5) is 5.69 Å². The molecule has 0 spiro atoms. The van der Waals surface area contributed by atoms with Gasteiger partial charge in [0.25, 0.3) is 15.9 Å². The van der Waals surface area contributed by atoms with Gasteiger partial charge in [0, 0.05) is 37.1 Å². The highest BCUT2D eigenvalue weighted by molar-refractivity contribution is 7.92. The Balaban J connectivity index is 1.72. The van der Waals surface area contributed by atoms with Crippen LogP contribution in [0.3, 0.4) is 0 Å². The number of sulfonamides is 1. The van der Waals surface area contributed by atoms with Gasteiger partial charge in [0.15, 0.2) is 0 Å². The highest BCUT2D eigenvalue weighted by Gasteiger charge is 2.17. The summed E-state index contributed by atoms with van der Waals surface area (Å²) in [5.41, 5.74) is 1.71. The molecule has 3 rings (SSSR count). The van der Waals surface area contributed by atoms with Crippen LogP contribution in [0.1, 0.15) is 22.8 Å². The van der Waals surface area contributed by atoms with Crippen molar-refractivity contribution in [3.63, 3.8) is 0 Å². The predicted octanol–water partition coefficient (Wildman–Crippen LogP) is 3.55. The van der Waals surface area contributed by atoms with Gasteiger partial charge in [-0.1, -0.05) is 18.2 Å². The molecule has 1 heterocycles. The summed E-state index contributed by atoms with van der Waals surface area (Å²) < 4.78 is 33.1. The van der Waals surface area contributed by atoms with Crippen LogP contribution in [0.25, 0.3) is 0 Å². The molecule has 8 heteroatoms. The first kappa shape index (κ1) is 21.3. The second-order valence-corrected chi connectivity index (χ2v) is 8.25. The third-order valence-corrected chi connectivity index (χ3v) is 5.77. The maximum Gasteiger partial charge on any atom is 0.261 e. The third kappa shape index (κ3) is 5.15. The van der Waals surface area contributed by atoms with Crippen molar-refractivity contribution in [3.05, 3.63) is 84.2 Å². The number of anilines is 1. The summed E-state index contributed by atoms with van der Waals surface area (Å²) in [6.45, 7) is 2.82. The van der Waals surface area contributed by atoms with Crippen molar-refractivity contribution >= 4 is 21.6 Å². The highest BCUT2D eigenvalue weighted by Crippen LogP contribution is 2.21. The van der Waals surface area contributed by atoms with Crippen LogP contribution in [0.5, 0.6) is 5.75 Å². The fraction of sp³-hybridized carbons (Fsp3) is 0.182. The number of amides is 1. The fourth-order valence-corrected chi connectivity index (χ4v) is 3.95. The van der Waals surface area contributed by atoms with Crippen LogP contribution >= 0.6 is 0 Å². The first-order valence-electron chi connectivity index (χ1n) is 9.40. The number of ether oxygens (including phenoxy) is 1. The van der Waals surface area contributed by atoms with Gasteiger partial charge in [-0.05, 0) is 49.4 Å². The van der Waals surface area contributed by atoms with Crippen LogP contribution < -0.4 is 9.46 Å². The zero-order valence-corrected chi connectivity index (χ0v) is 17.6. The smallest absolute Gasteiger partial charge is 0.261 e. The Morgan fingerprint density at radius 1 is 1.03 bits per heavy atom. The lowest BCUT2D eigenvalue weighted by Gasteiger charge is -2.19. The molecule has 156 valence electrons. The summed E-state index contributed by atoms with van der Waals surface area (Å²) in [6.07, 6.45) is 3.00. The molecular weight excluding hydrogens is 402 g/mol. The zero-order chi connectivity index (χ0) is 21.6. The molecule has 1 amide bonds. The monoisotopic (exact) mass is 425 g/mol. The molecule has 0 fully saturated rings. The van der Waals surface area contributed by atoms with Crippen molar-refractivity contribution in [3.8, 4) is 5.75 Å². The average molecular weight is 426 g/mol. The second kappa shape index (κ2) is 9.41. The average Bonchev–Trinajstić information content (AvgIpc) is 2.75. The van der Waals surface area contributed by atoms with E-state index < -0.39 is 10.0 Å². The molecule has 1 aromatic heterocycles. The van der Waals surface area contributed by atoms with Crippen LogP contribution in [-0.2, 0) is 16.6 Å². The van der Waals surface area contributed by atoms with Crippen LogP contribution in [0.2, 0.25) is 0 Å². The summed E-state index contributed by atoms with van der Waals surface area (Å²) in [5, 5.41) is 0. The highest BCUT2D eigenvalue weighted by atomic mass is 32.2. The SMILES string of the molecule is CCOc1ccccc1CN(C)C(=O)c1ccc(S(=O)(=O)Nc2ccncc2)cc1. The molecule has 0 atom stereocenters. The molecule has 0 aliphatic carbocycles. The van der Waals surface area contributed by atoms with Gasteiger partial charge in [-0.15, -0.1) is 0 Å². The number of nitrogens with one attached hydrogen (secondary N) is 1. The number of rotatable bonds is 8. The van der Waals surface area contributed by atoms with E-state index in [-0.39, 0.29) is 10.8 Å². The molecule has 0 unspecified atom stereocenters. The van der Waals surface area contributed by atoms with E-state index in [1.165, 1.54) is 36.7 Å². The van der Waals surface area contributed by atoms with Gasteiger partial charge in [-0.2, -0.15) is 0 Å². The molecule has 0 aliphatic heterocycles. The zero-order valence-electron chi connectivity index (χ0n) is 16.8. The van der Waals surface area contributed by atoms with E-state index in [2.05, 4.69) is 9.71 Å². The second-order valence-electron chi connectivity index (χ2n) is 6.57. The molecule has 0 bridgehead atoms. The first-order chi connectivity index (χ1) is 14.4. The molecule has 2 aromatic carbocycles. The number of aromatic nitrogens is 1. The van der Waals surface area contributed by atoms with Crippen LogP contribution in [0, 0.1) is 0 Å². The predicted molar refractivity (Wildman–Crippen MR) is 115 cm³/mol. The van der Waals surface area contributed by atoms with Gasteiger partial charge in [-0.3, -0.25) is 14.5 Å². The minimum Gasteiger partial charge on any atom is -0.494 e. The lowest BCUT2D eigenvalue weighted by Crippen LogP contribution is -2.26.